The Morgan fingerprint density at radius 2 is 2.11 bits per heavy atom. The number of benzene rings is 1. The number of rotatable bonds is 4. The zero-order valence-corrected chi connectivity index (χ0v) is 10.3. The summed E-state index contributed by atoms with van der Waals surface area (Å²) < 4.78 is 0. The highest BCUT2D eigenvalue weighted by Crippen LogP contribution is 2.11. The highest BCUT2D eigenvalue weighted by Gasteiger charge is 2.12. The topological polar surface area (TPSA) is 62.2 Å². The number of amides is 1. The van der Waals surface area contributed by atoms with Crippen LogP contribution >= 0.6 is 0 Å². The third-order valence-corrected chi connectivity index (χ3v) is 2.88. The Balaban J connectivity index is 2.22. The third-order valence-electron chi connectivity index (χ3n) is 2.88. The molecule has 0 saturated heterocycles. The number of carbonyl (C=O) groups excluding carboxylic acids is 1. The molecule has 1 aromatic heterocycles. The van der Waals surface area contributed by atoms with Crippen LogP contribution in [0.4, 0.5) is 0 Å². The van der Waals surface area contributed by atoms with Crippen LogP contribution in [-0.4, -0.2) is 28.6 Å². The quantitative estimate of drug-likeness (QED) is 0.861. The van der Waals surface area contributed by atoms with Gasteiger partial charge in [-0.25, -0.2) is 4.98 Å². The van der Waals surface area contributed by atoms with E-state index in [9.17, 15) is 4.79 Å². The summed E-state index contributed by atoms with van der Waals surface area (Å²) in [4.78, 5) is 16.2. The fourth-order valence-electron chi connectivity index (χ4n) is 1.73. The van der Waals surface area contributed by atoms with Gasteiger partial charge in [0.25, 0.3) is 5.91 Å². The van der Waals surface area contributed by atoms with Gasteiger partial charge in [0.1, 0.15) is 5.69 Å². The highest BCUT2D eigenvalue weighted by molar-refractivity contribution is 5.95. The van der Waals surface area contributed by atoms with Crippen molar-refractivity contribution in [2.45, 2.75) is 19.4 Å². The van der Waals surface area contributed by atoms with Crippen molar-refractivity contribution in [2.75, 3.05) is 6.61 Å². The second kappa shape index (κ2) is 5.60. The molecule has 1 aromatic carbocycles. The first-order valence-electron chi connectivity index (χ1n) is 6.02. The van der Waals surface area contributed by atoms with E-state index >= 15 is 0 Å². The van der Waals surface area contributed by atoms with Gasteiger partial charge in [0.2, 0.25) is 0 Å². The first-order chi connectivity index (χ1) is 8.74. The van der Waals surface area contributed by atoms with Crippen LogP contribution in [0.2, 0.25) is 0 Å². The lowest BCUT2D eigenvalue weighted by atomic mass is 10.2. The summed E-state index contributed by atoms with van der Waals surface area (Å²) in [5.41, 5.74) is 1.17. The van der Waals surface area contributed by atoms with Crippen molar-refractivity contribution in [3.05, 3.63) is 42.1 Å². The standard InChI is InChI=1S/C14H16N2O2/c1-2-11(9-17)15-14(18)13-8-7-10-5-3-4-6-12(10)16-13/h3-8,11,17H,2,9H2,1H3,(H,15,18). The molecule has 0 bridgehead atoms. The van der Waals surface area contributed by atoms with Gasteiger partial charge >= 0.3 is 0 Å². The van der Waals surface area contributed by atoms with Gasteiger partial charge in [-0.3, -0.25) is 4.79 Å². The summed E-state index contributed by atoms with van der Waals surface area (Å²) >= 11 is 0. The lowest BCUT2D eigenvalue weighted by Crippen LogP contribution is -2.37. The summed E-state index contributed by atoms with van der Waals surface area (Å²) in [5, 5.41) is 12.8. The number of hydrogen-bond donors (Lipinski definition) is 2. The monoisotopic (exact) mass is 244 g/mol. The second-order valence-electron chi connectivity index (χ2n) is 4.15. The second-order valence-corrected chi connectivity index (χ2v) is 4.15. The lowest BCUT2D eigenvalue weighted by Gasteiger charge is -2.13. The Labute approximate surface area is 106 Å². The van der Waals surface area contributed by atoms with Crippen LogP contribution in [0.15, 0.2) is 36.4 Å². The minimum Gasteiger partial charge on any atom is -0.394 e. The lowest BCUT2D eigenvalue weighted by molar-refractivity contribution is 0.0910. The number of aromatic nitrogens is 1. The van der Waals surface area contributed by atoms with Crippen LogP contribution < -0.4 is 5.32 Å². The van der Waals surface area contributed by atoms with Crippen molar-refractivity contribution >= 4 is 16.8 Å². The molecule has 2 N–H and O–H groups in total. The molecule has 4 nitrogen and oxygen atoms in total. The minimum absolute atomic E-state index is 0.0597. The smallest absolute Gasteiger partial charge is 0.270 e. The van der Waals surface area contributed by atoms with Gasteiger partial charge in [-0.1, -0.05) is 31.2 Å². The number of para-hydroxylation sites is 1. The molecule has 1 amide bonds. The van der Waals surface area contributed by atoms with E-state index in [-0.39, 0.29) is 18.6 Å². The largest absolute Gasteiger partial charge is 0.394 e. The van der Waals surface area contributed by atoms with Crippen molar-refractivity contribution < 1.29 is 9.90 Å². The first kappa shape index (κ1) is 12.5. The van der Waals surface area contributed by atoms with E-state index in [1.165, 1.54) is 0 Å². The molecular formula is C14H16N2O2. The maximum absolute atomic E-state index is 11.9. The van der Waals surface area contributed by atoms with Crippen molar-refractivity contribution in [3.63, 3.8) is 0 Å². The molecule has 94 valence electrons. The number of carbonyl (C=O) groups is 1. The van der Waals surface area contributed by atoms with E-state index < -0.39 is 0 Å². The van der Waals surface area contributed by atoms with E-state index in [1.807, 2.05) is 37.3 Å². The molecule has 0 aliphatic rings. The molecule has 1 unspecified atom stereocenters. The summed E-state index contributed by atoms with van der Waals surface area (Å²) in [5.74, 6) is -0.248. The summed E-state index contributed by atoms with van der Waals surface area (Å²) in [7, 11) is 0. The Bertz CT molecular complexity index is 550. The van der Waals surface area contributed by atoms with Crippen LogP contribution in [0.1, 0.15) is 23.8 Å². The fourth-order valence-corrected chi connectivity index (χ4v) is 1.73. The van der Waals surface area contributed by atoms with Crippen LogP contribution in [0, 0.1) is 0 Å². The molecule has 2 rings (SSSR count). The molecule has 18 heavy (non-hydrogen) atoms. The van der Waals surface area contributed by atoms with Crippen LogP contribution in [0.5, 0.6) is 0 Å². The fraction of sp³-hybridized carbons (Fsp3) is 0.286. The molecule has 0 saturated carbocycles. The van der Waals surface area contributed by atoms with Crippen molar-refractivity contribution in [2.24, 2.45) is 0 Å². The minimum atomic E-state index is -0.248. The molecule has 0 fully saturated rings. The zero-order chi connectivity index (χ0) is 13.0. The summed E-state index contributed by atoms with van der Waals surface area (Å²) in [6, 6.07) is 11.0. The first-order valence-corrected chi connectivity index (χ1v) is 6.02. The Kier molecular flexibility index (Phi) is 3.89. The van der Waals surface area contributed by atoms with Crippen LogP contribution in [0.3, 0.4) is 0 Å². The molecule has 0 aliphatic heterocycles. The number of pyridine rings is 1. The average molecular weight is 244 g/mol. The van der Waals surface area contributed by atoms with Gasteiger partial charge in [-0.15, -0.1) is 0 Å². The molecule has 2 aromatic rings. The van der Waals surface area contributed by atoms with E-state index in [4.69, 9.17) is 5.11 Å². The summed E-state index contributed by atoms with van der Waals surface area (Å²) in [6.45, 7) is 1.85. The molecular weight excluding hydrogens is 228 g/mol. The van der Waals surface area contributed by atoms with Crippen molar-refractivity contribution in [1.29, 1.82) is 0 Å². The summed E-state index contributed by atoms with van der Waals surface area (Å²) in [6.07, 6.45) is 0.690. The Morgan fingerprint density at radius 1 is 1.33 bits per heavy atom. The van der Waals surface area contributed by atoms with Gasteiger partial charge in [-0.05, 0) is 18.6 Å². The molecule has 0 radical (unpaired) electrons. The van der Waals surface area contributed by atoms with Crippen LogP contribution in [0.25, 0.3) is 10.9 Å². The number of aliphatic hydroxyl groups excluding tert-OH is 1. The third kappa shape index (κ3) is 2.65. The van der Waals surface area contributed by atoms with E-state index in [0.717, 1.165) is 10.9 Å². The van der Waals surface area contributed by atoms with Crippen LogP contribution in [-0.2, 0) is 0 Å². The highest BCUT2D eigenvalue weighted by atomic mass is 16.3. The number of fused-ring (bicyclic) bond motifs is 1. The van der Waals surface area contributed by atoms with Gasteiger partial charge in [-0.2, -0.15) is 0 Å². The molecule has 0 spiro atoms. The SMILES string of the molecule is CCC(CO)NC(=O)c1ccc2ccccc2n1. The predicted octanol–water partition coefficient (Wildman–Crippen LogP) is 1.74. The predicted molar refractivity (Wildman–Crippen MR) is 70.4 cm³/mol. The Morgan fingerprint density at radius 3 is 2.83 bits per heavy atom. The molecule has 1 heterocycles. The zero-order valence-electron chi connectivity index (χ0n) is 10.3. The number of nitrogens with one attached hydrogen (secondary N) is 1. The van der Waals surface area contributed by atoms with E-state index in [0.29, 0.717) is 12.1 Å². The maximum Gasteiger partial charge on any atom is 0.270 e. The van der Waals surface area contributed by atoms with Gasteiger partial charge in [0.15, 0.2) is 0 Å². The van der Waals surface area contributed by atoms with Crippen molar-refractivity contribution in [1.82, 2.24) is 10.3 Å². The van der Waals surface area contributed by atoms with Gasteiger partial charge < -0.3 is 10.4 Å². The average Bonchev–Trinajstić information content (AvgIpc) is 2.44. The number of hydrogen-bond acceptors (Lipinski definition) is 3. The van der Waals surface area contributed by atoms with E-state index in [2.05, 4.69) is 10.3 Å². The molecule has 1 atom stereocenters. The van der Waals surface area contributed by atoms with Gasteiger partial charge in [0.05, 0.1) is 18.2 Å². The van der Waals surface area contributed by atoms with Crippen molar-refractivity contribution in [3.8, 4) is 0 Å². The molecule has 4 heteroatoms. The normalized spacial score (nSPS) is 12.3. The number of nitrogens with zero attached hydrogens (tertiary/aromatic N) is 1. The van der Waals surface area contributed by atoms with Gasteiger partial charge in [0, 0.05) is 5.39 Å². The maximum atomic E-state index is 11.9. The number of aliphatic hydroxyl groups is 1. The van der Waals surface area contributed by atoms with E-state index in [1.54, 1.807) is 6.07 Å². The molecule has 0 aliphatic carbocycles. The Hall–Kier alpha value is -1.94.